The van der Waals surface area contributed by atoms with Crippen molar-refractivity contribution in [2.45, 2.75) is 31.7 Å². The zero-order valence-corrected chi connectivity index (χ0v) is 18.9. The van der Waals surface area contributed by atoms with E-state index < -0.39 is 17.6 Å². The van der Waals surface area contributed by atoms with E-state index in [0.717, 1.165) is 56.9 Å². The van der Waals surface area contributed by atoms with Crippen molar-refractivity contribution in [3.05, 3.63) is 58.4 Å². The Balaban J connectivity index is 1.44. The number of aryl methyl sites for hydroxylation is 1. The first-order valence-corrected chi connectivity index (χ1v) is 11.4. The smallest absolute Gasteiger partial charge is 0.313 e. The number of carbonyl (C=O) groups excluding carboxylic acids is 2. The monoisotopic (exact) mass is 458 g/mol. The Labute approximate surface area is 192 Å². The average molecular weight is 459 g/mol. The Hall–Kier alpha value is -2.64. The van der Waals surface area contributed by atoms with Crippen LogP contribution in [-0.4, -0.2) is 49.9 Å². The number of carbonyl (C=O) groups is 2. The van der Waals surface area contributed by atoms with Crippen LogP contribution in [0.5, 0.6) is 0 Å². The SMILES string of the molecule is CN1CCCc2cc(C(CNC(=O)C(=O)Nc3ccc(F)c(Cl)c3)N3CCCC3)ccc21. The first-order chi connectivity index (χ1) is 15.4. The molecule has 170 valence electrons. The minimum absolute atomic E-state index is 0.00653. The van der Waals surface area contributed by atoms with Crippen LogP contribution in [0.15, 0.2) is 36.4 Å². The third kappa shape index (κ3) is 5.05. The van der Waals surface area contributed by atoms with Gasteiger partial charge in [-0.1, -0.05) is 23.7 Å². The van der Waals surface area contributed by atoms with Crippen LogP contribution in [0.25, 0.3) is 0 Å². The number of anilines is 2. The maximum atomic E-state index is 13.3. The molecule has 2 amide bonds. The molecule has 0 spiro atoms. The summed E-state index contributed by atoms with van der Waals surface area (Å²) in [6, 6.07) is 10.3. The van der Waals surface area contributed by atoms with Gasteiger partial charge in [-0.15, -0.1) is 0 Å². The molecule has 2 aliphatic rings. The van der Waals surface area contributed by atoms with Gasteiger partial charge in [0, 0.05) is 31.5 Å². The second kappa shape index (κ2) is 9.88. The second-order valence-corrected chi connectivity index (χ2v) is 8.87. The first-order valence-electron chi connectivity index (χ1n) is 11.0. The summed E-state index contributed by atoms with van der Waals surface area (Å²) in [5.74, 6) is -2.12. The third-order valence-electron chi connectivity index (χ3n) is 6.26. The first kappa shape index (κ1) is 22.6. The number of amides is 2. The molecule has 0 saturated carbocycles. The van der Waals surface area contributed by atoms with Crippen LogP contribution in [-0.2, 0) is 16.0 Å². The van der Waals surface area contributed by atoms with Gasteiger partial charge in [0.2, 0.25) is 0 Å². The Bertz CT molecular complexity index is 1010. The number of halogens is 2. The largest absolute Gasteiger partial charge is 0.374 e. The van der Waals surface area contributed by atoms with Crippen molar-refractivity contribution in [3.63, 3.8) is 0 Å². The molecular weight excluding hydrogens is 431 g/mol. The zero-order chi connectivity index (χ0) is 22.7. The molecule has 0 radical (unpaired) electrons. The predicted molar refractivity (Wildman–Crippen MR) is 125 cm³/mol. The van der Waals surface area contributed by atoms with Crippen LogP contribution in [0, 0.1) is 5.82 Å². The fourth-order valence-corrected chi connectivity index (χ4v) is 4.74. The van der Waals surface area contributed by atoms with Crippen molar-refractivity contribution in [2.75, 3.05) is 43.4 Å². The Kier molecular flexibility index (Phi) is 6.96. The Morgan fingerprint density at radius 1 is 1.06 bits per heavy atom. The molecule has 8 heteroatoms. The molecule has 2 aromatic rings. The lowest BCUT2D eigenvalue weighted by atomic mass is 9.96. The molecule has 0 bridgehead atoms. The fourth-order valence-electron chi connectivity index (χ4n) is 4.55. The third-order valence-corrected chi connectivity index (χ3v) is 6.55. The maximum Gasteiger partial charge on any atom is 0.313 e. The number of nitrogens with one attached hydrogen (secondary N) is 2. The van der Waals surface area contributed by atoms with Gasteiger partial charge < -0.3 is 15.5 Å². The van der Waals surface area contributed by atoms with E-state index in [9.17, 15) is 14.0 Å². The molecule has 6 nitrogen and oxygen atoms in total. The Morgan fingerprint density at radius 2 is 1.84 bits per heavy atom. The van der Waals surface area contributed by atoms with Gasteiger partial charge in [-0.25, -0.2) is 4.39 Å². The molecule has 1 unspecified atom stereocenters. The van der Waals surface area contributed by atoms with Gasteiger partial charge in [-0.2, -0.15) is 0 Å². The van der Waals surface area contributed by atoms with Crippen LogP contribution in [0.4, 0.5) is 15.8 Å². The molecule has 2 heterocycles. The normalized spacial score (nSPS) is 17.0. The van der Waals surface area contributed by atoms with Crippen LogP contribution in [0.3, 0.4) is 0 Å². The minimum Gasteiger partial charge on any atom is -0.374 e. The summed E-state index contributed by atoms with van der Waals surface area (Å²) in [6.07, 6.45) is 4.44. The summed E-state index contributed by atoms with van der Waals surface area (Å²) < 4.78 is 13.3. The summed E-state index contributed by atoms with van der Waals surface area (Å²) in [5, 5.41) is 5.13. The average Bonchev–Trinajstić information content (AvgIpc) is 3.31. The number of benzene rings is 2. The highest BCUT2D eigenvalue weighted by Gasteiger charge is 2.26. The van der Waals surface area contributed by atoms with E-state index in [0.29, 0.717) is 6.54 Å². The summed E-state index contributed by atoms with van der Waals surface area (Å²) in [7, 11) is 2.11. The molecule has 2 aromatic carbocycles. The van der Waals surface area contributed by atoms with Gasteiger partial charge in [0.25, 0.3) is 0 Å². The molecule has 32 heavy (non-hydrogen) atoms. The number of fused-ring (bicyclic) bond motifs is 1. The van der Waals surface area contributed by atoms with Gasteiger partial charge in [0.05, 0.1) is 11.1 Å². The minimum atomic E-state index is -0.806. The van der Waals surface area contributed by atoms with E-state index in [1.54, 1.807) is 0 Å². The number of likely N-dealkylation sites (tertiary alicyclic amines) is 1. The number of hydrogen-bond donors (Lipinski definition) is 2. The highest BCUT2D eigenvalue weighted by atomic mass is 35.5. The molecule has 2 aliphatic heterocycles. The molecule has 4 rings (SSSR count). The van der Waals surface area contributed by atoms with E-state index in [4.69, 9.17) is 11.6 Å². The van der Waals surface area contributed by atoms with Gasteiger partial charge in [-0.05, 0) is 74.2 Å². The van der Waals surface area contributed by atoms with Crippen LogP contribution < -0.4 is 15.5 Å². The van der Waals surface area contributed by atoms with E-state index >= 15 is 0 Å². The summed E-state index contributed by atoms with van der Waals surface area (Å²) >= 11 is 5.74. The molecule has 0 aromatic heterocycles. The number of hydrogen-bond acceptors (Lipinski definition) is 4. The lowest BCUT2D eigenvalue weighted by Gasteiger charge is -2.31. The van der Waals surface area contributed by atoms with E-state index in [2.05, 4.69) is 45.7 Å². The molecular formula is C24H28ClFN4O2. The highest BCUT2D eigenvalue weighted by Crippen LogP contribution is 2.31. The van der Waals surface area contributed by atoms with Crippen LogP contribution in [0.1, 0.15) is 36.4 Å². The van der Waals surface area contributed by atoms with E-state index in [1.807, 2.05) is 0 Å². The van der Waals surface area contributed by atoms with E-state index in [1.165, 1.54) is 23.4 Å². The number of nitrogens with zero attached hydrogens (tertiary/aromatic N) is 2. The molecule has 1 saturated heterocycles. The van der Waals surface area contributed by atoms with Crippen molar-refractivity contribution >= 4 is 34.8 Å². The molecule has 1 fully saturated rings. The summed E-state index contributed by atoms with van der Waals surface area (Å²) in [6.45, 7) is 3.34. The lowest BCUT2D eigenvalue weighted by Crippen LogP contribution is -2.41. The van der Waals surface area contributed by atoms with Gasteiger partial charge in [0.1, 0.15) is 5.82 Å². The Morgan fingerprint density at radius 3 is 2.59 bits per heavy atom. The molecule has 1 atom stereocenters. The van der Waals surface area contributed by atoms with Gasteiger partial charge in [0.15, 0.2) is 0 Å². The quantitative estimate of drug-likeness (QED) is 0.670. The van der Waals surface area contributed by atoms with Crippen molar-refractivity contribution in [1.29, 1.82) is 0 Å². The van der Waals surface area contributed by atoms with Crippen molar-refractivity contribution in [2.24, 2.45) is 0 Å². The predicted octanol–water partition coefficient (Wildman–Crippen LogP) is 3.75. The molecule has 2 N–H and O–H groups in total. The number of rotatable bonds is 5. The maximum absolute atomic E-state index is 13.3. The van der Waals surface area contributed by atoms with Crippen molar-refractivity contribution in [3.8, 4) is 0 Å². The lowest BCUT2D eigenvalue weighted by molar-refractivity contribution is -0.136. The van der Waals surface area contributed by atoms with Crippen molar-refractivity contribution in [1.82, 2.24) is 10.2 Å². The van der Waals surface area contributed by atoms with Gasteiger partial charge in [-0.3, -0.25) is 14.5 Å². The topological polar surface area (TPSA) is 64.7 Å². The van der Waals surface area contributed by atoms with Crippen LogP contribution in [0.2, 0.25) is 5.02 Å². The van der Waals surface area contributed by atoms with Crippen molar-refractivity contribution < 1.29 is 14.0 Å². The summed E-state index contributed by atoms with van der Waals surface area (Å²) in [5.41, 5.74) is 4.03. The summed E-state index contributed by atoms with van der Waals surface area (Å²) in [4.78, 5) is 29.4. The van der Waals surface area contributed by atoms with E-state index in [-0.39, 0.29) is 16.8 Å². The standard InChI is InChI=1S/C24H28ClFN4O2/c1-29-10-4-5-16-13-17(6-9-21(16)29)22(30-11-2-3-12-30)15-27-23(31)24(32)28-18-7-8-20(26)19(25)14-18/h6-9,13-14,22H,2-5,10-12,15H2,1H3,(H,27,31)(H,28,32). The molecule has 0 aliphatic carbocycles. The van der Waals surface area contributed by atoms with Gasteiger partial charge >= 0.3 is 11.8 Å². The highest BCUT2D eigenvalue weighted by molar-refractivity contribution is 6.39. The fraction of sp³-hybridized carbons (Fsp3) is 0.417. The second-order valence-electron chi connectivity index (χ2n) is 8.47. The zero-order valence-electron chi connectivity index (χ0n) is 18.2. The van der Waals surface area contributed by atoms with Crippen LogP contribution >= 0.6 is 11.6 Å².